The number of amides is 1. The van der Waals surface area contributed by atoms with Crippen molar-refractivity contribution in [1.29, 1.82) is 0 Å². The minimum Gasteiger partial charge on any atom is -0.353 e. The Morgan fingerprint density at radius 2 is 1.86 bits per heavy atom. The Labute approximate surface area is 127 Å². The van der Waals surface area contributed by atoms with Crippen molar-refractivity contribution in [2.24, 2.45) is 5.92 Å². The van der Waals surface area contributed by atoms with Crippen molar-refractivity contribution in [3.8, 4) is 0 Å². The van der Waals surface area contributed by atoms with Crippen molar-refractivity contribution in [2.75, 3.05) is 25.4 Å². The van der Waals surface area contributed by atoms with Crippen LogP contribution >= 0.6 is 0 Å². The van der Waals surface area contributed by atoms with Crippen LogP contribution in [0.25, 0.3) is 0 Å². The standard InChI is InChI=1S/C14H27N3O3S/c18-14(17-13-3-4-13)2-1-8-16-21(19,20)11-7-12-5-9-15-10-6-12/h12-13,15-16H,1-11H2,(H,17,18). The number of sulfonamides is 1. The summed E-state index contributed by atoms with van der Waals surface area (Å²) in [5.74, 6) is 0.755. The fourth-order valence-corrected chi connectivity index (χ4v) is 3.81. The Morgan fingerprint density at radius 1 is 1.14 bits per heavy atom. The van der Waals surface area contributed by atoms with Crippen LogP contribution in [0.4, 0.5) is 0 Å². The second-order valence-electron chi connectivity index (χ2n) is 6.14. The molecule has 1 amide bonds. The molecule has 2 rings (SSSR count). The summed E-state index contributed by atoms with van der Waals surface area (Å²) in [6.07, 6.45) is 5.98. The van der Waals surface area contributed by atoms with Gasteiger partial charge in [-0.05, 0) is 57.5 Å². The first-order chi connectivity index (χ1) is 10.1. The molecule has 7 heteroatoms. The van der Waals surface area contributed by atoms with Gasteiger partial charge in [0.15, 0.2) is 0 Å². The van der Waals surface area contributed by atoms with E-state index >= 15 is 0 Å². The van der Waals surface area contributed by atoms with Crippen LogP contribution in [0.15, 0.2) is 0 Å². The van der Waals surface area contributed by atoms with E-state index in [9.17, 15) is 13.2 Å². The van der Waals surface area contributed by atoms with Crippen molar-refractivity contribution in [3.05, 3.63) is 0 Å². The average molecular weight is 317 g/mol. The quantitative estimate of drug-likeness (QED) is 0.536. The van der Waals surface area contributed by atoms with Crippen LogP contribution in [0.3, 0.4) is 0 Å². The van der Waals surface area contributed by atoms with Crippen LogP contribution in [0.5, 0.6) is 0 Å². The van der Waals surface area contributed by atoms with Gasteiger partial charge in [-0.1, -0.05) is 0 Å². The zero-order chi connectivity index (χ0) is 15.1. The van der Waals surface area contributed by atoms with Gasteiger partial charge in [0.25, 0.3) is 0 Å². The molecule has 6 nitrogen and oxygen atoms in total. The molecule has 21 heavy (non-hydrogen) atoms. The maximum Gasteiger partial charge on any atom is 0.220 e. The molecule has 0 bridgehead atoms. The molecular formula is C14H27N3O3S. The first-order valence-electron chi connectivity index (χ1n) is 8.02. The van der Waals surface area contributed by atoms with E-state index < -0.39 is 10.0 Å². The predicted molar refractivity (Wildman–Crippen MR) is 82.4 cm³/mol. The minimum absolute atomic E-state index is 0.0337. The Bertz CT molecular complexity index is 429. The predicted octanol–water partition coefficient (Wildman–Crippen LogP) is 0.354. The summed E-state index contributed by atoms with van der Waals surface area (Å²) in [4.78, 5) is 11.5. The lowest BCUT2D eigenvalue weighted by Gasteiger charge is -2.22. The van der Waals surface area contributed by atoms with Gasteiger partial charge >= 0.3 is 0 Å². The van der Waals surface area contributed by atoms with Crippen LogP contribution < -0.4 is 15.4 Å². The molecule has 1 heterocycles. The minimum atomic E-state index is -3.19. The highest BCUT2D eigenvalue weighted by atomic mass is 32.2. The summed E-state index contributed by atoms with van der Waals surface area (Å²) < 4.78 is 26.4. The Hall–Kier alpha value is -0.660. The van der Waals surface area contributed by atoms with Crippen molar-refractivity contribution >= 4 is 15.9 Å². The monoisotopic (exact) mass is 317 g/mol. The normalized spacial score (nSPS) is 20.4. The fourth-order valence-electron chi connectivity index (χ4n) is 2.57. The van der Waals surface area contributed by atoms with Gasteiger partial charge < -0.3 is 10.6 Å². The Kier molecular flexibility index (Phi) is 6.44. The molecular weight excluding hydrogens is 290 g/mol. The van der Waals surface area contributed by atoms with E-state index in [1.54, 1.807) is 0 Å². The molecule has 2 aliphatic rings. The summed E-state index contributed by atoms with van der Waals surface area (Å²) in [7, 11) is -3.19. The Balaban J connectivity index is 1.53. The van der Waals surface area contributed by atoms with Gasteiger partial charge in [-0.3, -0.25) is 4.79 Å². The smallest absolute Gasteiger partial charge is 0.220 e. The van der Waals surface area contributed by atoms with Crippen LogP contribution in [0, 0.1) is 5.92 Å². The maximum absolute atomic E-state index is 11.9. The number of hydrogen-bond donors (Lipinski definition) is 3. The van der Waals surface area contributed by atoms with Gasteiger partial charge in [-0.25, -0.2) is 13.1 Å². The molecule has 0 atom stereocenters. The summed E-state index contributed by atoms with van der Waals surface area (Å²) in [6.45, 7) is 2.34. The molecule has 0 aromatic carbocycles. The van der Waals surface area contributed by atoms with Crippen LogP contribution in [0.2, 0.25) is 0 Å². The summed E-state index contributed by atoms with van der Waals surface area (Å²) >= 11 is 0. The largest absolute Gasteiger partial charge is 0.353 e. The van der Waals surface area contributed by atoms with Crippen molar-refractivity contribution in [2.45, 2.75) is 51.0 Å². The molecule has 2 fully saturated rings. The van der Waals surface area contributed by atoms with Crippen molar-refractivity contribution in [3.63, 3.8) is 0 Å². The molecule has 0 aromatic heterocycles. The second kappa shape index (κ2) is 8.10. The summed E-state index contributed by atoms with van der Waals surface area (Å²) in [5.41, 5.74) is 0. The number of nitrogens with one attached hydrogen (secondary N) is 3. The number of carbonyl (C=O) groups is 1. The molecule has 0 spiro atoms. The third-order valence-electron chi connectivity index (χ3n) is 4.10. The van der Waals surface area contributed by atoms with Gasteiger partial charge in [-0.2, -0.15) is 0 Å². The maximum atomic E-state index is 11.9. The third kappa shape index (κ3) is 7.24. The average Bonchev–Trinajstić information content (AvgIpc) is 3.27. The fraction of sp³-hybridized carbons (Fsp3) is 0.929. The van der Waals surface area contributed by atoms with Gasteiger partial charge in [0.05, 0.1) is 5.75 Å². The highest BCUT2D eigenvalue weighted by Gasteiger charge is 2.23. The summed E-state index contributed by atoms with van der Waals surface area (Å²) in [5, 5.41) is 6.18. The van der Waals surface area contributed by atoms with E-state index in [2.05, 4.69) is 15.4 Å². The molecule has 1 saturated heterocycles. The number of rotatable bonds is 9. The molecule has 0 aromatic rings. The zero-order valence-corrected chi connectivity index (χ0v) is 13.4. The molecule has 0 radical (unpaired) electrons. The summed E-state index contributed by atoms with van der Waals surface area (Å²) in [6, 6.07) is 0.374. The van der Waals surface area contributed by atoms with Crippen LogP contribution in [-0.2, 0) is 14.8 Å². The van der Waals surface area contributed by atoms with Crippen LogP contribution in [0.1, 0.15) is 44.9 Å². The zero-order valence-electron chi connectivity index (χ0n) is 12.6. The topological polar surface area (TPSA) is 87.3 Å². The molecule has 1 aliphatic carbocycles. The third-order valence-corrected chi connectivity index (χ3v) is 5.52. The second-order valence-corrected chi connectivity index (χ2v) is 8.07. The molecule has 0 unspecified atom stereocenters. The molecule has 122 valence electrons. The van der Waals surface area contributed by atoms with E-state index in [0.29, 0.717) is 31.3 Å². The first-order valence-corrected chi connectivity index (χ1v) is 9.68. The molecule has 3 N–H and O–H groups in total. The number of carbonyl (C=O) groups excluding carboxylic acids is 1. The highest BCUT2D eigenvalue weighted by molar-refractivity contribution is 7.89. The lowest BCUT2D eigenvalue weighted by atomic mass is 9.96. The van der Waals surface area contributed by atoms with E-state index in [1.165, 1.54) is 0 Å². The van der Waals surface area contributed by atoms with E-state index in [-0.39, 0.29) is 11.7 Å². The lowest BCUT2D eigenvalue weighted by molar-refractivity contribution is -0.121. The van der Waals surface area contributed by atoms with E-state index in [4.69, 9.17) is 0 Å². The first kappa shape index (κ1) is 16.7. The highest BCUT2D eigenvalue weighted by Crippen LogP contribution is 2.18. The van der Waals surface area contributed by atoms with Gasteiger partial charge in [-0.15, -0.1) is 0 Å². The SMILES string of the molecule is O=C(CCCNS(=O)(=O)CCC1CCNCC1)NC1CC1. The molecule has 1 saturated carbocycles. The van der Waals surface area contributed by atoms with E-state index in [1.807, 2.05) is 0 Å². The number of piperidine rings is 1. The van der Waals surface area contributed by atoms with E-state index in [0.717, 1.165) is 45.2 Å². The van der Waals surface area contributed by atoms with Crippen molar-refractivity contribution < 1.29 is 13.2 Å². The van der Waals surface area contributed by atoms with Crippen LogP contribution in [-0.4, -0.2) is 45.8 Å². The molecule has 1 aliphatic heterocycles. The van der Waals surface area contributed by atoms with Gasteiger partial charge in [0, 0.05) is 19.0 Å². The Morgan fingerprint density at radius 3 is 2.52 bits per heavy atom. The lowest BCUT2D eigenvalue weighted by Crippen LogP contribution is -2.32. The van der Waals surface area contributed by atoms with Crippen molar-refractivity contribution in [1.82, 2.24) is 15.4 Å². The van der Waals surface area contributed by atoms with Gasteiger partial charge in [0.2, 0.25) is 15.9 Å². The van der Waals surface area contributed by atoms with Gasteiger partial charge in [0.1, 0.15) is 0 Å². The number of hydrogen-bond acceptors (Lipinski definition) is 4.